The first-order valence-corrected chi connectivity index (χ1v) is 7.60. The van der Waals surface area contributed by atoms with Crippen molar-refractivity contribution in [3.63, 3.8) is 0 Å². The Morgan fingerprint density at radius 3 is 2.83 bits per heavy atom. The van der Waals surface area contributed by atoms with Crippen molar-refractivity contribution in [3.05, 3.63) is 29.1 Å². The van der Waals surface area contributed by atoms with E-state index in [0.717, 1.165) is 0 Å². The van der Waals surface area contributed by atoms with E-state index in [-0.39, 0.29) is 30.4 Å². The highest BCUT2D eigenvalue weighted by atomic mass is 19.1. The summed E-state index contributed by atoms with van der Waals surface area (Å²) in [7, 11) is 0. The fourth-order valence-electron chi connectivity index (χ4n) is 2.56. The number of urea groups is 1. The van der Waals surface area contributed by atoms with Crippen molar-refractivity contribution in [2.45, 2.75) is 20.3 Å². The number of carbonyl (C=O) groups excluding carboxylic acids is 2. The summed E-state index contributed by atoms with van der Waals surface area (Å²) < 4.78 is 19.0. The second kappa shape index (κ2) is 7.41. The molecule has 0 saturated carbocycles. The second-order valence-corrected chi connectivity index (χ2v) is 5.58. The molecule has 7 heteroatoms. The number of ether oxygens (including phenoxy) is 1. The number of hydrogen-bond donors (Lipinski definition) is 2. The van der Waals surface area contributed by atoms with Gasteiger partial charge >= 0.3 is 12.0 Å². The summed E-state index contributed by atoms with van der Waals surface area (Å²) in [4.78, 5) is 25.5. The lowest BCUT2D eigenvalue weighted by molar-refractivity contribution is 0.0525. The third-order valence-corrected chi connectivity index (χ3v) is 3.88. The fourth-order valence-corrected chi connectivity index (χ4v) is 2.56. The number of amides is 2. The molecule has 1 heterocycles. The van der Waals surface area contributed by atoms with Gasteiger partial charge in [0.2, 0.25) is 0 Å². The Bertz CT molecular complexity index is 606. The van der Waals surface area contributed by atoms with Crippen molar-refractivity contribution in [1.82, 2.24) is 4.90 Å². The number of aliphatic hydroxyl groups excluding tert-OH is 1. The maximum atomic E-state index is 14.0. The zero-order valence-corrected chi connectivity index (χ0v) is 13.3. The minimum absolute atomic E-state index is 0.0235. The molecule has 0 radical (unpaired) electrons. The summed E-state index contributed by atoms with van der Waals surface area (Å²) in [5.41, 5.74) is 0.606. The average Bonchev–Trinajstić information content (AvgIpc) is 2.99. The van der Waals surface area contributed by atoms with Crippen LogP contribution in [0.2, 0.25) is 0 Å². The second-order valence-electron chi connectivity index (χ2n) is 5.58. The molecule has 0 unspecified atom stereocenters. The van der Waals surface area contributed by atoms with Gasteiger partial charge in [0.15, 0.2) is 0 Å². The Morgan fingerprint density at radius 1 is 1.48 bits per heavy atom. The standard InChI is InChI=1S/C16H21FN2O4/c1-3-23-15(21)12-7-14(13(17)6-10(12)2)18-16(22)19-5-4-11(8-19)9-20/h6-7,11,20H,3-5,8-9H2,1-2H3,(H,18,22)/t11-/m1/s1. The smallest absolute Gasteiger partial charge is 0.338 e. The molecule has 0 bridgehead atoms. The number of aryl methyl sites for hydroxylation is 1. The minimum atomic E-state index is -0.609. The Balaban J connectivity index is 2.14. The van der Waals surface area contributed by atoms with E-state index in [4.69, 9.17) is 9.84 Å². The van der Waals surface area contributed by atoms with Crippen molar-refractivity contribution >= 4 is 17.7 Å². The van der Waals surface area contributed by atoms with Crippen molar-refractivity contribution in [2.75, 3.05) is 31.6 Å². The first-order chi connectivity index (χ1) is 11.0. The van der Waals surface area contributed by atoms with E-state index in [2.05, 4.69) is 5.32 Å². The van der Waals surface area contributed by atoms with Gasteiger partial charge in [0.25, 0.3) is 0 Å². The molecule has 2 amide bonds. The van der Waals surface area contributed by atoms with Gasteiger partial charge in [-0.1, -0.05) is 0 Å². The van der Waals surface area contributed by atoms with Crippen LogP contribution in [0.5, 0.6) is 0 Å². The van der Waals surface area contributed by atoms with E-state index in [1.807, 2.05) is 0 Å². The topological polar surface area (TPSA) is 78.9 Å². The lowest BCUT2D eigenvalue weighted by Crippen LogP contribution is -2.33. The highest BCUT2D eigenvalue weighted by Gasteiger charge is 2.26. The van der Waals surface area contributed by atoms with Crippen LogP contribution in [0.3, 0.4) is 0 Å². The van der Waals surface area contributed by atoms with E-state index in [1.165, 1.54) is 17.0 Å². The molecule has 2 rings (SSSR count). The van der Waals surface area contributed by atoms with Crippen LogP contribution in [-0.4, -0.2) is 48.3 Å². The maximum Gasteiger partial charge on any atom is 0.338 e. The first kappa shape index (κ1) is 17.2. The number of likely N-dealkylation sites (tertiary alicyclic amines) is 1. The lowest BCUT2D eigenvalue weighted by atomic mass is 10.1. The molecule has 1 aliphatic rings. The number of benzene rings is 1. The van der Waals surface area contributed by atoms with Gasteiger partial charge in [-0.15, -0.1) is 0 Å². The van der Waals surface area contributed by atoms with Gasteiger partial charge in [-0.2, -0.15) is 0 Å². The number of anilines is 1. The zero-order valence-electron chi connectivity index (χ0n) is 13.3. The first-order valence-electron chi connectivity index (χ1n) is 7.60. The van der Waals surface area contributed by atoms with Gasteiger partial charge in [0.1, 0.15) is 5.82 Å². The van der Waals surface area contributed by atoms with Crippen LogP contribution >= 0.6 is 0 Å². The normalized spacial score (nSPS) is 17.2. The van der Waals surface area contributed by atoms with Crippen LogP contribution in [-0.2, 0) is 4.74 Å². The van der Waals surface area contributed by atoms with E-state index in [0.29, 0.717) is 25.1 Å². The van der Waals surface area contributed by atoms with E-state index in [1.54, 1.807) is 13.8 Å². The largest absolute Gasteiger partial charge is 0.462 e. The van der Waals surface area contributed by atoms with Gasteiger partial charge in [0, 0.05) is 25.6 Å². The molecule has 1 saturated heterocycles. The van der Waals surface area contributed by atoms with Crippen molar-refractivity contribution in [3.8, 4) is 0 Å². The summed E-state index contributed by atoms with van der Waals surface area (Å²) in [5, 5.41) is 11.6. The van der Waals surface area contributed by atoms with Crippen LogP contribution in [0, 0.1) is 18.7 Å². The van der Waals surface area contributed by atoms with Crippen LogP contribution in [0.15, 0.2) is 12.1 Å². The van der Waals surface area contributed by atoms with Crippen LogP contribution in [0.4, 0.5) is 14.9 Å². The van der Waals surface area contributed by atoms with E-state index in [9.17, 15) is 14.0 Å². The number of nitrogens with one attached hydrogen (secondary N) is 1. The lowest BCUT2D eigenvalue weighted by Gasteiger charge is -2.18. The molecule has 1 atom stereocenters. The zero-order chi connectivity index (χ0) is 17.0. The molecule has 1 fully saturated rings. The molecule has 23 heavy (non-hydrogen) atoms. The maximum absolute atomic E-state index is 14.0. The van der Waals surface area contributed by atoms with Gasteiger partial charge in [-0.3, -0.25) is 0 Å². The highest BCUT2D eigenvalue weighted by Crippen LogP contribution is 2.23. The minimum Gasteiger partial charge on any atom is -0.462 e. The van der Waals surface area contributed by atoms with Crippen molar-refractivity contribution in [1.29, 1.82) is 0 Å². The highest BCUT2D eigenvalue weighted by molar-refractivity contribution is 5.95. The van der Waals surface area contributed by atoms with Crippen LogP contribution in [0.25, 0.3) is 0 Å². The van der Waals surface area contributed by atoms with Crippen LogP contribution in [0.1, 0.15) is 29.3 Å². The third kappa shape index (κ3) is 3.98. The molecule has 0 spiro atoms. The number of esters is 1. The molecule has 6 nitrogen and oxygen atoms in total. The molecule has 126 valence electrons. The molecule has 0 aromatic heterocycles. The summed E-state index contributed by atoms with van der Waals surface area (Å²) in [6.07, 6.45) is 0.717. The Morgan fingerprint density at radius 2 is 2.22 bits per heavy atom. The molecular formula is C16H21FN2O4. The molecular weight excluding hydrogens is 303 g/mol. The summed E-state index contributed by atoms with van der Waals surface area (Å²) in [5.74, 6) is -1.11. The monoisotopic (exact) mass is 324 g/mol. The number of aliphatic hydroxyl groups is 1. The molecule has 0 aliphatic carbocycles. The number of hydrogen-bond acceptors (Lipinski definition) is 4. The fraction of sp³-hybridized carbons (Fsp3) is 0.500. The van der Waals surface area contributed by atoms with Crippen LogP contribution < -0.4 is 5.32 Å². The number of nitrogens with zero attached hydrogens (tertiary/aromatic N) is 1. The molecule has 1 aromatic carbocycles. The van der Waals surface area contributed by atoms with Gasteiger partial charge < -0.3 is 20.1 Å². The number of halogens is 1. The van der Waals surface area contributed by atoms with E-state index >= 15 is 0 Å². The average molecular weight is 324 g/mol. The number of carbonyl (C=O) groups is 2. The van der Waals surface area contributed by atoms with E-state index < -0.39 is 17.8 Å². The SMILES string of the molecule is CCOC(=O)c1cc(NC(=O)N2CC[C@@H](CO)C2)c(F)cc1C. The summed E-state index contributed by atoms with van der Waals surface area (Å²) in [6.45, 7) is 4.47. The van der Waals surface area contributed by atoms with Gasteiger partial charge in [0.05, 0.1) is 17.9 Å². The van der Waals surface area contributed by atoms with Crippen molar-refractivity contribution < 1.29 is 23.8 Å². The summed E-state index contributed by atoms with van der Waals surface area (Å²) >= 11 is 0. The number of rotatable bonds is 4. The predicted octanol–water partition coefficient (Wildman–Crippen LogP) is 2.16. The third-order valence-electron chi connectivity index (χ3n) is 3.88. The Labute approximate surface area is 134 Å². The van der Waals surface area contributed by atoms with Gasteiger partial charge in [-0.05, 0) is 38.0 Å². The quantitative estimate of drug-likeness (QED) is 0.832. The Hall–Kier alpha value is -2.15. The Kier molecular flexibility index (Phi) is 5.54. The molecule has 1 aromatic rings. The summed E-state index contributed by atoms with van der Waals surface area (Å²) in [6, 6.07) is 2.04. The van der Waals surface area contributed by atoms with Gasteiger partial charge in [-0.25, -0.2) is 14.0 Å². The predicted molar refractivity (Wildman–Crippen MR) is 82.9 cm³/mol. The van der Waals surface area contributed by atoms with Crippen molar-refractivity contribution in [2.24, 2.45) is 5.92 Å². The molecule has 1 aliphatic heterocycles. The molecule has 2 N–H and O–H groups in total.